The lowest BCUT2D eigenvalue weighted by atomic mass is 10.2. The number of benzene rings is 1. The Kier molecular flexibility index (Phi) is 7.23. The largest absolute Gasteiger partial charge is 0.490 e. The minimum absolute atomic E-state index is 0.0464. The number of fused-ring (bicyclic) bond motifs is 1. The second-order valence-corrected chi connectivity index (χ2v) is 9.59. The molecule has 3 heterocycles. The van der Waals surface area contributed by atoms with Crippen LogP contribution in [0.15, 0.2) is 47.6 Å². The number of hydrogen-bond donors (Lipinski definition) is 1. The third kappa shape index (κ3) is 5.76. The van der Waals surface area contributed by atoms with Gasteiger partial charge in [-0.25, -0.2) is 13.1 Å². The van der Waals surface area contributed by atoms with Crippen LogP contribution in [0.2, 0.25) is 0 Å². The summed E-state index contributed by atoms with van der Waals surface area (Å²) in [5.41, 5.74) is 1.20. The van der Waals surface area contributed by atoms with Crippen LogP contribution in [0.4, 0.5) is 0 Å². The molecule has 1 fully saturated rings. The van der Waals surface area contributed by atoms with Crippen molar-refractivity contribution in [2.75, 3.05) is 45.9 Å². The van der Waals surface area contributed by atoms with E-state index in [0.29, 0.717) is 37.8 Å². The molecule has 2 aliphatic rings. The van der Waals surface area contributed by atoms with Crippen molar-refractivity contribution in [1.82, 2.24) is 19.5 Å². The Hall–Kier alpha value is -2.69. The van der Waals surface area contributed by atoms with Crippen molar-refractivity contribution in [3.8, 4) is 11.5 Å². The molecule has 0 unspecified atom stereocenters. The quantitative estimate of drug-likeness (QED) is 0.664. The van der Waals surface area contributed by atoms with Crippen LogP contribution in [-0.4, -0.2) is 75.0 Å². The zero-order valence-electron chi connectivity index (χ0n) is 17.9. The van der Waals surface area contributed by atoms with Crippen LogP contribution in [0.25, 0.3) is 0 Å². The fourth-order valence-corrected chi connectivity index (χ4v) is 4.79. The van der Waals surface area contributed by atoms with Crippen molar-refractivity contribution in [2.45, 2.75) is 24.3 Å². The molecule has 32 heavy (non-hydrogen) atoms. The normalized spacial score (nSPS) is 17.1. The van der Waals surface area contributed by atoms with Gasteiger partial charge < -0.3 is 14.4 Å². The average Bonchev–Trinajstić information content (AvgIpc) is 3.05. The van der Waals surface area contributed by atoms with Crippen LogP contribution in [0.3, 0.4) is 0 Å². The van der Waals surface area contributed by atoms with Crippen molar-refractivity contribution < 1.29 is 22.7 Å². The topological polar surface area (TPSA) is 101 Å². The molecule has 1 saturated heterocycles. The molecule has 10 heteroatoms. The molecule has 4 rings (SSSR count). The highest BCUT2D eigenvalue weighted by Crippen LogP contribution is 2.31. The standard InChI is InChI=1S/C22H28N4O5S/c27-22(26-12-10-25(11-13-26)17-18-4-7-23-8-5-18)6-9-24-32(28,29)19-2-3-20-21(16-19)31-15-1-14-30-20/h2-5,7-8,16,24H,1,6,9-15,17H2. The number of piperazine rings is 1. The molecule has 0 saturated carbocycles. The summed E-state index contributed by atoms with van der Waals surface area (Å²) in [7, 11) is -3.75. The maximum absolute atomic E-state index is 12.6. The number of aromatic nitrogens is 1. The number of carbonyl (C=O) groups excluding carboxylic acids is 1. The number of ether oxygens (including phenoxy) is 2. The second kappa shape index (κ2) is 10.3. The Labute approximate surface area is 188 Å². The average molecular weight is 461 g/mol. The van der Waals surface area contributed by atoms with Gasteiger partial charge in [0, 0.05) is 70.6 Å². The summed E-state index contributed by atoms with van der Waals surface area (Å²) < 4.78 is 38.9. The summed E-state index contributed by atoms with van der Waals surface area (Å²) in [6.07, 6.45) is 4.42. The number of hydrogen-bond acceptors (Lipinski definition) is 7. The zero-order valence-corrected chi connectivity index (χ0v) is 18.7. The van der Waals surface area contributed by atoms with Crippen LogP contribution in [0.1, 0.15) is 18.4 Å². The first-order valence-corrected chi connectivity index (χ1v) is 12.3. The number of carbonyl (C=O) groups is 1. The third-order valence-corrected chi connectivity index (χ3v) is 7.00. The van der Waals surface area contributed by atoms with Gasteiger partial charge in [0.1, 0.15) is 0 Å². The van der Waals surface area contributed by atoms with Crippen LogP contribution in [0.5, 0.6) is 11.5 Å². The van der Waals surface area contributed by atoms with Gasteiger partial charge in [0.2, 0.25) is 15.9 Å². The van der Waals surface area contributed by atoms with E-state index in [9.17, 15) is 13.2 Å². The monoisotopic (exact) mass is 460 g/mol. The van der Waals surface area contributed by atoms with Gasteiger partial charge in [-0.3, -0.25) is 14.7 Å². The third-order valence-electron chi connectivity index (χ3n) is 5.54. The smallest absolute Gasteiger partial charge is 0.240 e. The van der Waals surface area contributed by atoms with Crippen LogP contribution in [-0.2, 0) is 21.4 Å². The molecule has 1 aromatic carbocycles. The highest BCUT2D eigenvalue weighted by atomic mass is 32.2. The number of rotatable bonds is 7. The minimum atomic E-state index is -3.75. The molecule has 9 nitrogen and oxygen atoms in total. The Balaban J connectivity index is 1.23. The molecular formula is C22H28N4O5S. The summed E-state index contributed by atoms with van der Waals surface area (Å²) in [5.74, 6) is 0.917. The maximum atomic E-state index is 12.6. The first kappa shape index (κ1) is 22.5. The Morgan fingerprint density at radius 2 is 1.72 bits per heavy atom. The van der Waals surface area contributed by atoms with Crippen molar-refractivity contribution in [3.05, 3.63) is 48.3 Å². The molecule has 0 spiro atoms. The number of nitrogens with one attached hydrogen (secondary N) is 1. The van der Waals surface area contributed by atoms with Gasteiger partial charge >= 0.3 is 0 Å². The molecule has 2 aromatic rings. The van der Waals surface area contributed by atoms with Gasteiger partial charge in [-0.15, -0.1) is 0 Å². The molecule has 0 aliphatic carbocycles. The van der Waals surface area contributed by atoms with Crippen molar-refractivity contribution in [2.24, 2.45) is 0 Å². The van der Waals surface area contributed by atoms with Gasteiger partial charge in [-0.1, -0.05) is 0 Å². The van der Waals surface area contributed by atoms with Gasteiger partial charge in [-0.05, 0) is 29.8 Å². The van der Waals surface area contributed by atoms with Gasteiger partial charge in [0.15, 0.2) is 11.5 Å². The van der Waals surface area contributed by atoms with Gasteiger partial charge in [-0.2, -0.15) is 0 Å². The summed E-state index contributed by atoms with van der Waals surface area (Å²) >= 11 is 0. The zero-order chi connectivity index (χ0) is 22.4. The van der Waals surface area contributed by atoms with E-state index in [1.54, 1.807) is 23.4 Å². The molecule has 0 atom stereocenters. The number of sulfonamides is 1. The van der Waals surface area contributed by atoms with E-state index >= 15 is 0 Å². The highest BCUT2D eigenvalue weighted by Gasteiger charge is 2.22. The predicted molar refractivity (Wildman–Crippen MR) is 118 cm³/mol. The van der Waals surface area contributed by atoms with E-state index in [1.807, 2.05) is 12.1 Å². The number of pyridine rings is 1. The predicted octanol–water partition coefficient (Wildman–Crippen LogP) is 1.26. The second-order valence-electron chi connectivity index (χ2n) is 7.82. The van der Waals surface area contributed by atoms with E-state index in [0.717, 1.165) is 26.1 Å². The fourth-order valence-electron chi connectivity index (χ4n) is 3.75. The molecule has 0 bridgehead atoms. The molecule has 172 valence electrons. The van der Waals surface area contributed by atoms with Crippen molar-refractivity contribution in [1.29, 1.82) is 0 Å². The van der Waals surface area contributed by atoms with Crippen LogP contribution >= 0.6 is 0 Å². The molecule has 2 aliphatic heterocycles. The lowest BCUT2D eigenvalue weighted by Crippen LogP contribution is -2.48. The highest BCUT2D eigenvalue weighted by molar-refractivity contribution is 7.89. The van der Waals surface area contributed by atoms with Crippen molar-refractivity contribution in [3.63, 3.8) is 0 Å². The molecule has 1 amide bonds. The lowest BCUT2D eigenvalue weighted by molar-refractivity contribution is -0.132. The molecular weight excluding hydrogens is 432 g/mol. The lowest BCUT2D eigenvalue weighted by Gasteiger charge is -2.34. The number of nitrogens with zero attached hydrogens (tertiary/aromatic N) is 3. The van der Waals surface area contributed by atoms with Crippen LogP contribution < -0.4 is 14.2 Å². The van der Waals surface area contributed by atoms with Gasteiger partial charge in [0.25, 0.3) is 0 Å². The summed E-state index contributed by atoms with van der Waals surface area (Å²) in [4.78, 5) is 20.8. The Morgan fingerprint density at radius 1 is 1.00 bits per heavy atom. The first-order chi connectivity index (χ1) is 15.5. The van der Waals surface area contributed by atoms with Crippen molar-refractivity contribution >= 4 is 15.9 Å². The summed E-state index contributed by atoms with van der Waals surface area (Å²) in [5, 5.41) is 0. The first-order valence-electron chi connectivity index (χ1n) is 10.8. The SMILES string of the molecule is O=C(CCNS(=O)(=O)c1ccc2c(c1)OCCCO2)N1CCN(Cc2ccncc2)CC1. The van der Waals surface area contributed by atoms with Crippen LogP contribution in [0, 0.1) is 0 Å². The fraction of sp³-hybridized carbons (Fsp3) is 0.455. The molecule has 1 N–H and O–H groups in total. The summed E-state index contributed by atoms with van der Waals surface area (Å²) in [6.45, 7) is 4.75. The summed E-state index contributed by atoms with van der Waals surface area (Å²) in [6, 6.07) is 8.54. The Bertz CT molecular complexity index is 1020. The molecule has 1 aromatic heterocycles. The van der Waals surface area contributed by atoms with E-state index in [1.165, 1.54) is 17.7 Å². The maximum Gasteiger partial charge on any atom is 0.240 e. The molecule has 0 radical (unpaired) electrons. The van der Waals surface area contributed by atoms with E-state index in [4.69, 9.17) is 9.47 Å². The number of amides is 1. The Morgan fingerprint density at radius 3 is 2.47 bits per heavy atom. The van der Waals surface area contributed by atoms with Gasteiger partial charge in [0.05, 0.1) is 18.1 Å². The van der Waals surface area contributed by atoms with E-state index < -0.39 is 10.0 Å². The minimum Gasteiger partial charge on any atom is -0.490 e. The van der Waals surface area contributed by atoms with E-state index in [-0.39, 0.29) is 23.8 Å². The van der Waals surface area contributed by atoms with E-state index in [2.05, 4.69) is 14.6 Å².